The highest BCUT2D eigenvalue weighted by Crippen LogP contribution is 2.33. The summed E-state index contributed by atoms with van der Waals surface area (Å²) in [6.45, 7) is 1.18. The molecule has 1 aromatic heterocycles. The molecule has 7 heteroatoms. The molecule has 2 rings (SSSR count). The molecule has 2 unspecified atom stereocenters. The van der Waals surface area contributed by atoms with Crippen molar-refractivity contribution in [1.82, 2.24) is 4.72 Å². The Kier molecular flexibility index (Phi) is 3.74. The van der Waals surface area contributed by atoms with Crippen LogP contribution in [0.1, 0.15) is 36.2 Å². The second-order valence-corrected chi connectivity index (χ2v) is 7.42. The molecule has 0 saturated carbocycles. The van der Waals surface area contributed by atoms with Gasteiger partial charge in [0.15, 0.2) is 5.25 Å². The zero-order valence-corrected chi connectivity index (χ0v) is 11.6. The van der Waals surface area contributed by atoms with Crippen LogP contribution >= 0.6 is 11.3 Å². The van der Waals surface area contributed by atoms with E-state index in [-0.39, 0.29) is 6.04 Å². The average Bonchev–Trinajstić information content (AvgIpc) is 2.76. The molecule has 18 heavy (non-hydrogen) atoms. The molecule has 0 radical (unpaired) electrons. The predicted octanol–water partition coefficient (Wildman–Crippen LogP) is 1.52. The minimum absolute atomic E-state index is 0.285. The quantitative estimate of drug-likeness (QED) is 0.880. The number of hydrogen-bond donors (Lipinski definition) is 2. The zero-order valence-electron chi connectivity index (χ0n) is 9.92. The van der Waals surface area contributed by atoms with Crippen molar-refractivity contribution >= 4 is 27.3 Å². The molecule has 5 nitrogen and oxygen atoms in total. The van der Waals surface area contributed by atoms with Crippen LogP contribution in [0.15, 0.2) is 11.4 Å². The van der Waals surface area contributed by atoms with Crippen molar-refractivity contribution in [1.29, 1.82) is 0 Å². The van der Waals surface area contributed by atoms with Gasteiger partial charge < -0.3 is 5.11 Å². The Morgan fingerprint density at radius 2 is 2.33 bits per heavy atom. The van der Waals surface area contributed by atoms with Crippen molar-refractivity contribution in [3.05, 3.63) is 21.9 Å². The van der Waals surface area contributed by atoms with Gasteiger partial charge in [0, 0.05) is 10.9 Å². The van der Waals surface area contributed by atoms with E-state index in [1.54, 1.807) is 11.3 Å². The average molecular weight is 289 g/mol. The summed E-state index contributed by atoms with van der Waals surface area (Å²) >= 11 is 1.62. The van der Waals surface area contributed by atoms with Crippen LogP contribution in [0.3, 0.4) is 0 Å². The highest BCUT2D eigenvalue weighted by Gasteiger charge is 2.32. The Hall–Kier alpha value is -0.920. The first-order chi connectivity index (χ1) is 8.42. The number of sulfonamides is 1. The fraction of sp³-hybridized carbons (Fsp3) is 0.545. The molecule has 2 N–H and O–H groups in total. The Balaban J connectivity index is 2.19. The van der Waals surface area contributed by atoms with E-state index in [9.17, 15) is 13.2 Å². The summed E-state index contributed by atoms with van der Waals surface area (Å²) < 4.78 is 26.3. The van der Waals surface area contributed by atoms with Gasteiger partial charge in [-0.2, -0.15) is 0 Å². The molecule has 0 bridgehead atoms. The second kappa shape index (κ2) is 4.99. The summed E-state index contributed by atoms with van der Waals surface area (Å²) in [6.07, 6.45) is 2.61. The van der Waals surface area contributed by atoms with Crippen LogP contribution in [0.2, 0.25) is 0 Å². The fourth-order valence-electron chi connectivity index (χ4n) is 2.04. The minimum Gasteiger partial charge on any atom is -0.480 e. The monoisotopic (exact) mass is 289 g/mol. The predicted molar refractivity (Wildman–Crippen MR) is 69.2 cm³/mol. The number of nitrogens with one attached hydrogen (secondary N) is 1. The lowest BCUT2D eigenvalue weighted by Crippen LogP contribution is -2.40. The summed E-state index contributed by atoms with van der Waals surface area (Å²) in [6, 6.07) is 1.63. The highest BCUT2D eigenvalue weighted by atomic mass is 32.2. The molecule has 0 amide bonds. The largest absolute Gasteiger partial charge is 0.480 e. The molecule has 1 heterocycles. The van der Waals surface area contributed by atoms with Crippen molar-refractivity contribution in [2.75, 3.05) is 0 Å². The van der Waals surface area contributed by atoms with E-state index < -0.39 is 21.2 Å². The lowest BCUT2D eigenvalue weighted by Gasteiger charge is -2.24. The van der Waals surface area contributed by atoms with Gasteiger partial charge in [-0.3, -0.25) is 4.79 Å². The van der Waals surface area contributed by atoms with E-state index in [0.717, 1.165) is 24.8 Å². The number of carbonyl (C=O) groups is 1. The first-order valence-electron chi connectivity index (χ1n) is 5.72. The van der Waals surface area contributed by atoms with Gasteiger partial charge in [0.1, 0.15) is 0 Å². The van der Waals surface area contributed by atoms with Gasteiger partial charge in [-0.1, -0.05) is 0 Å². The standard InChI is InChI=1S/C11H15NO4S2/c1-7(11(13)14)18(15,16)12-9-3-2-4-10-8(9)5-6-17-10/h5-7,9,12H,2-4H2,1H3,(H,13,14). The smallest absolute Gasteiger partial charge is 0.323 e. The Bertz CT molecular complexity index is 549. The molecule has 1 aliphatic rings. The Morgan fingerprint density at radius 3 is 3.00 bits per heavy atom. The molecule has 2 atom stereocenters. The number of aliphatic carboxylic acids is 1. The summed E-state index contributed by atoms with van der Waals surface area (Å²) in [7, 11) is -3.82. The van der Waals surface area contributed by atoms with Crippen LogP contribution < -0.4 is 4.72 Å². The number of fused-ring (bicyclic) bond motifs is 1. The first kappa shape index (κ1) is 13.5. The molecule has 0 fully saturated rings. The topological polar surface area (TPSA) is 83.5 Å². The van der Waals surface area contributed by atoms with E-state index in [4.69, 9.17) is 5.11 Å². The van der Waals surface area contributed by atoms with E-state index in [1.165, 1.54) is 11.8 Å². The molecular weight excluding hydrogens is 274 g/mol. The van der Waals surface area contributed by atoms with Crippen molar-refractivity contribution in [2.45, 2.75) is 37.5 Å². The van der Waals surface area contributed by atoms with Gasteiger partial charge in [-0.15, -0.1) is 11.3 Å². The van der Waals surface area contributed by atoms with Crippen molar-refractivity contribution in [2.24, 2.45) is 0 Å². The van der Waals surface area contributed by atoms with Gasteiger partial charge in [0.2, 0.25) is 10.0 Å². The maximum absolute atomic E-state index is 11.9. The Labute approximate surface area is 110 Å². The van der Waals surface area contributed by atoms with Crippen molar-refractivity contribution < 1.29 is 18.3 Å². The summed E-state index contributed by atoms with van der Waals surface area (Å²) in [5.41, 5.74) is 0.993. The maximum atomic E-state index is 11.9. The molecule has 1 aliphatic carbocycles. The lowest BCUT2D eigenvalue weighted by molar-refractivity contribution is -0.136. The normalized spacial score (nSPS) is 21.3. The number of carboxylic acids is 1. The van der Waals surface area contributed by atoms with Crippen LogP contribution in [-0.2, 0) is 21.2 Å². The lowest BCUT2D eigenvalue weighted by atomic mass is 9.95. The van der Waals surface area contributed by atoms with E-state index in [2.05, 4.69) is 4.72 Å². The number of thiophene rings is 1. The first-order valence-corrected chi connectivity index (χ1v) is 8.14. The highest BCUT2D eigenvalue weighted by molar-refractivity contribution is 7.90. The molecule has 1 aromatic rings. The van der Waals surface area contributed by atoms with Crippen LogP contribution in [-0.4, -0.2) is 24.7 Å². The van der Waals surface area contributed by atoms with Gasteiger partial charge in [-0.05, 0) is 43.2 Å². The van der Waals surface area contributed by atoms with Crippen LogP contribution in [0, 0.1) is 0 Å². The SMILES string of the molecule is CC(C(=O)O)S(=O)(=O)NC1CCCc2sccc21. The van der Waals surface area contributed by atoms with Crippen molar-refractivity contribution in [3.63, 3.8) is 0 Å². The molecule has 0 saturated heterocycles. The third-order valence-electron chi connectivity index (χ3n) is 3.17. The van der Waals surface area contributed by atoms with Crippen molar-refractivity contribution in [3.8, 4) is 0 Å². The summed E-state index contributed by atoms with van der Waals surface area (Å²) in [5.74, 6) is -1.33. The second-order valence-electron chi connectivity index (χ2n) is 4.39. The third kappa shape index (κ3) is 2.57. The van der Waals surface area contributed by atoms with E-state index in [0.29, 0.717) is 0 Å². The minimum atomic E-state index is -3.82. The molecule has 0 aliphatic heterocycles. The fourth-order valence-corrected chi connectivity index (χ4v) is 4.14. The summed E-state index contributed by atoms with van der Waals surface area (Å²) in [5, 5.41) is 9.30. The Morgan fingerprint density at radius 1 is 1.61 bits per heavy atom. The molecule has 0 spiro atoms. The number of carboxylic acid groups (broad SMARTS) is 1. The van der Waals surface area contributed by atoms with Crippen LogP contribution in [0.4, 0.5) is 0 Å². The zero-order chi connectivity index (χ0) is 13.3. The van der Waals surface area contributed by atoms with Crippen LogP contribution in [0.5, 0.6) is 0 Å². The van der Waals surface area contributed by atoms with Gasteiger partial charge >= 0.3 is 5.97 Å². The summed E-state index contributed by atoms with van der Waals surface area (Å²) in [4.78, 5) is 12.0. The van der Waals surface area contributed by atoms with Gasteiger partial charge in [0.25, 0.3) is 0 Å². The number of aryl methyl sites for hydroxylation is 1. The van der Waals surface area contributed by atoms with E-state index >= 15 is 0 Å². The molecular formula is C11H15NO4S2. The van der Waals surface area contributed by atoms with Gasteiger partial charge in [-0.25, -0.2) is 13.1 Å². The third-order valence-corrected chi connectivity index (χ3v) is 5.91. The number of hydrogen-bond acceptors (Lipinski definition) is 4. The van der Waals surface area contributed by atoms with Gasteiger partial charge in [0.05, 0.1) is 0 Å². The van der Waals surface area contributed by atoms with E-state index in [1.807, 2.05) is 11.4 Å². The number of rotatable bonds is 4. The maximum Gasteiger partial charge on any atom is 0.323 e. The molecule has 100 valence electrons. The molecule has 0 aromatic carbocycles. The van der Waals surface area contributed by atoms with Crippen LogP contribution in [0.25, 0.3) is 0 Å².